The van der Waals surface area contributed by atoms with E-state index < -0.39 is 10.0 Å². The average molecular weight is 382 g/mol. The summed E-state index contributed by atoms with van der Waals surface area (Å²) in [7, 11) is -3.64. The lowest BCUT2D eigenvalue weighted by Gasteiger charge is -2.34. The lowest BCUT2D eigenvalue weighted by molar-refractivity contribution is -0.605. The van der Waals surface area contributed by atoms with Crippen LogP contribution in [0.4, 0.5) is 0 Å². The molecule has 0 radical (unpaired) electrons. The third-order valence-electron chi connectivity index (χ3n) is 4.01. The van der Waals surface area contributed by atoms with Crippen LogP contribution in [0, 0.1) is 5.21 Å². The molecule has 132 valence electrons. The lowest BCUT2D eigenvalue weighted by atomic mass is 10.2. The van der Waals surface area contributed by atoms with Gasteiger partial charge in [0.1, 0.15) is 0 Å². The average Bonchev–Trinajstić information content (AvgIpc) is 2.62. The molecule has 2 heterocycles. The number of amides is 1. The first-order valence-corrected chi connectivity index (χ1v) is 9.43. The van der Waals surface area contributed by atoms with Crippen LogP contribution in [0.1, 0.15) is 10.4 Å². The fourth-order valence-electron chi connectivity index (χ4n) is 2.65. The number of nitrogens with zero attached hydrogens (tertiary/aromatic N) is 3. The van der Waals surface area contributed by atoms with E-state index in [1.54, 1.807) is 17.0 Å². The van der Waals surface area contributed by atoms with Crippen molar-refractivity contribution in [1.29, 1.82) is 0 Å². The summed E-state index contributed by atoms with van der Waals surface area (Å²) in [6.07, 6.45) is 2.51. The van der Waals surface area contributed by atoms with Crippen LogP contribution >= 0.6 is 11.6 Å². The Morgan fingerprint density at radius 2 is 1.72 bits per heavy atom. The summed E-state index contributed by atoms with van der Waals surface area (Å²) in [4.78, 5) is 14.1. The zero-order chi connectivity index (χ0) is 18.0. The number of benzene rings is 1. The predicted molar refractivity (Wildman–Crippen MR) is 91.5 cm³/mol. The van der Waals surface area contributed by atoms with Gasteiger partial charge in [-0.15, -0.1) is 0 Å². The Balaban J connectivity index is 1.69. The first-order valence-electron chi connectivity index (χ1n) is 7.62. The van der Waals surface area contributed by atoms with Crippen LogP contribution in [0.25, 0.3) is 0 Å². The maximum Gasteiger partial charge on any atom is 0.254 e. The van der Waals surface area contributed by atoms with Crippen LogP contribution in [0.3, 0.4) is 0 Å². The van der Waals surface area contributed by atoms with E-state index in [4.69, 9.17) is 11.6 Å². The Morgan fingerprint density at radius 3 is 2.32 bits per heavy atom. The SMILES string of the molecule is O=C(c1cc[n+]([O-])cc1)N1CCN(S(=O)(=O)c2cccc(Cl)c2)CC1. The second-order valence-electron chi connectivity index (χ2n) is 5.60. The monoisotopic (exact) mass is 381 g/mol. The minimum absolute atomic E-state index is 0.142. The molecule has 1 fully saturated rings. The molecule has 1 amide bonds. The summed E-state index contributed by atoms with van der Waals surface area (Å²) in [6.45, 7) is 0.972. The van der Waals surface area contributed by atoms with Crippen molar-refractivity contribution in [3.8, 4) is 0 Å². The highest BCUT2D eigenvalue weighted by atomic mass is 35.5. The van der Waals surface area contributed by atoms with E-state index in [2.05, 4.69) is 0 Å². The Labute approximate surface area is 150 Å². The number of sulfonamides is 1. The van der Waals surface area contributed by atoms with Gasteiger partial charge in [0.15, 0.2) is 12.4 Å². The first-order chi connectivity index (χ1) is 11.9. The molecule has 0 unspecified atom stereocenters. The van der Waals surface area contributed by atoms with E-state index in [1.807, 2.05) is 0 Å². The molecule has 1 saturated heterocycles. The fraction of sp³-hybridized carbons (Fsp3) is 0.250. The first kappa shape index (κ1) is 17.7. The number of halogens is 1. The third kappa shape index (κ3) is 3.76. The number of carbonyl (C=O) groups is 1. The van der Waals surface area contributed by atoms with Gasteiger partial charge in [-0.25, -0.2) is 8.42 Å². The molecule has 0 atom stereocenters. The highest BCUT2D eigenvalue weighted by Gasteiger charge is 2.30. The number of rotatable bonds is 3. The maximum atomic E-state index is 12.6. The molecule has 0 aliphatic carbocycles. The van der Waals surface area contributed by atoms with E-state index in [-0.39, 0.29) is 37.0 Å². The Hall–Kier alpha value is -2.16. The van der Waals surface area contributed by atoms with Crippen molar-refractivity contribution in [1.82, 2.24) is 9.21 Å². The molecule has 0 saturated carbocycles. The maximum absolute atomic E-state index is 12.6. The van der Waals surface area contributed by atoms with Crippen molar-refractivity contribution in [3.05, 3.63) is 64.6 Å². The quantitative estimate of drug-likeness (QED) is 0.589. The van der Waals surface area contributed by atoms with Crippen LogP contribution in [0.2, 0.25) is 5.02 Å². The Kier molecular flexibility index (Phi) is 4.94. The van der Waals surface area contributed by atoms with Crippen molar-refractivity contribution < 1.29 is 17.9 Å². The number of carbonyl (C=O) groups excluding carboxylic acids is 1. The summed E-state index contributed by atoms with van der Waals surface area (Å²) in [6, 6.07) is 9.02. The van der Waals surface area contributed by atoms with Gasteiger partial charge in [0.05, 0.1) is 10.5 Å². The molecule has 0 bridgehead atoms. The van der Waals surface area contributed by atoms with Crippen molar-refractivity contribution in [2.24, 2.45) is 0 Å². The summed E-state index contributed by atoms with van der Waals surface area (Å²) in [5, 5.41) is 11.4. The zero-order valence-electron chi connectivity index (χ0n) is 13.2. The van der Waals surface area contributed by atoms with Gasteiger partial charge < -0.3 is 10.1 Å². The molecule has 1 aliphatic heterocycles. The second kappa shape index (κ2) is 6.99. The van der Waals surface area contributed by atoms with Crippen molar-refractivity contribution >= 4 is 27.5 Å². The van der Waals surface area contributed by atoms with Gasteiger partial charge >= 0.3 is 0 Å². The molecule has 9 heteroatoms. The Bertz CT molecular complexity index is 879. The van der Waals surface area contributed by atoms with Crippen LogP contribution in [-0.4, -0.2) is 49.7 Å². The molecule has 2 aromatic rings. The molecule has 7 nitrogen and oxygen atoms in total. The minimum Gasteiger partial charge on any atom is -0.619 e. The predicted octanol–water partition coefficient (Wildman–Crippen LogP) is 1.12. The summed E-state index contributed by atoms with van der Waals surface area (Å²) in [5.41, 5.74) is 0.401. The molecule has 0 N–H and O–H groups in total. The molecule has 1 aromatic carbocycles. The van der Waals surface area contributed by atoms with Crippen molar-refractivity contribution in [2.45, 2.75) is 4.90 Å². The largest absolute Gasteiger partial charge is 0.619 e. The van der Waals surface area contributed by atoms with Gasteiger partial charge in [0.25, 0.3) is 5.91 Å². The Morgan fingerprint density at radius 1 is 1.08 bits per heavy atom. The number of piperazine rings is 1. The van der Waals surface area contributed by atoms with E-state index >= 15 is 0 Å². The van der Waals surface area contributed by atoms with Gasteiger partial charge in [-0.05, 0) is 18.2 Å². The topological polar surface area (TPSA) is 84.6 Å². The van der Waals surface area contributed by atoms with Gasteiger partial charge in [0.2, 0.25) is 10.0 Å². The van der Waals surface area contributed by atoms with E-state index in [0.717, 1.165) is 0 Å². The van der Waals surface area contributed by atoms with E-state index in [9.17, 15) is 18.4 Å². The van der Waals surface area contributed by atoms with Crippen molar-refractivity contribution in [3.63, 3.8) is 0 Å². The fourth-order valence-corrected chi connectivity index (χ4v) is 4.37. The standard InChI is InChI=1S/C16H16ClN3O4S/c17-14-2-1-3-15(12-14)25(23,24)20-10-8-18(9-11-20)16(21)13-4-6-19(22)7-5-13/h1-7,12H,8-11H2. The highest BCUT2D eigenvalue weighted by Crippen LogP contribution is 2.21. The zero-order valence-corrected chi connectivity index (χ0v) is 14.8. The van der Waals surface area contributed by atoms with Gasteiger partial charge in [-0.2, -0.15) is 9.04 Å². The van der Waals surface area contributed by atoms with E-state index in [0.29, 0.717) is 15.3 Å². The smallest absolute Gasteiger partial charge is 0.254 e. The van der Waals surface area contributed by atoms with E-state index in [1.165, 1.54) is 41.0 Å². The third-order valence-corrected chi connectivity index (χ3v) is 6.14. The number of hydrogen-bond acceptors (Lipinski definition) is 4. The summed E-state index contributed by atoms with van der Waals surface area (Å²) < 4.78 is 27.2. The molecule has 25 heavy (non-hydrogen) atoms. The number of hydrogen-bond donors (Lipinski definition) is 0. The molecule has 1 aliphatic rings. The second-order valence-corrected chi connectivity index (χ2v) is 7.97. The minimum atomic E-state index is -3.64. The highest BCUT2D eigenvalue weighted by molar-refractivity contribution is 7.89. The normalized spacial score (nSPS) is 16.0. The number of aromatic nitrogens is 1. The molecule has 1 aromatic heterocycles. The lowest BCUT2D eigenvalue weighted by Crippen LogP contribution is -2.50. The molecule has 3 rings (SSSR count). The van der Waals surface area contributed by atoms with Crippen LogP contribution in [0.5, 0.6) is 0 Å². The number of pyridine rings is 1. The van der Waals surface area contributed by atoms with Gasteiger partial charge in [-0.3, -0.25) is 4.79 Å². The molecular weight excluding hydrogens is 366 g/mol. The summed E-state index contributed by atoms with van der Waals surface area (Å²) in [5.74, 6) is -0.222. The van der Waals surface area contributed by atoms with Crippen LogP contribution in [0.15, 0.2) is 53.7 Å². The van der Waals surface area contributed by atoms with Crippen LogP contribution in [-0.2, 0) is 10.0 Å². The summed E-state index contributed by atoms with van der Waals surface area (Å²) >= 11 is 5.87. The molecular formula is C16H16ClN3O4S. The van der Waals surface area contributed by atoms with Crippen LogP contribution < -0.4 is 4.73 Å². The van der Waals surface area contributed by atoms with Crippen molar-refractivity contribution in [2.75, 3.05) is 26.2 Å². The molecule has 0 spiro atoms. The van der Waals surface area contributed by atoms with Gasteiger partial charge in [0, 0.05) is 43.3 Å². The van der Waals surface area contributed by atoms with Gasteiger partial charge in [-0.1, -0.05) is 17.7 Å².